The van der Waals surface area contributed by atoms with E-state index in [0.29, 0.717) is 48.4 Å². The SMILES string of the molecule is CC(C)(C)OC(=O)N[C@H]1CCc2ncnc(Cl)c2NC1=O.CI.CN1C(=O)[C@@H](NC(=O)OC(C)(C)C)CCc2ncnc(Cl)c21.[2H]CF.[H-].[Na+]. The minimum absolute atomic E-state index is 0. The molecule has 0 aliphatic carbocycles. The molecule has 4 rings (SSSR count). The Morgan fingerprint density at radius 3 is 1.90 bits per heavy atom. The first-order valence-electron chi connectivity index (χ1n) is 14.9. The van der Waals surface area contributed by atoms with E-state index in [9.17, 15) is 23.6 Å². The van der Waals surface area contributed by atoms with Crippen molar-refractivity contribution in [2.45, 2.75) is 90.5 Å². The number of fused-ring (bicyclic) bond motifs is 2. The minimum Gasteiger partial charge on any atom is -1.00 e. The van der Waals surface area contributed by atoms with Gasteiger partial charge in [-0.1, -0.05) is 45.8 Å². The van der Waals surface area contributed by atoms with Crippen LogP contribution in [-0.2, 0) is 31.9 Å². The maximum Gasteiger partial charge on any atom is 1.00 e. The Balaban J connectivity index is 0. The second-order valence-electron chi connectivity index (χ2n) is 11.8. The first kappa shape index (κ1) is 43.9. The van der Waals surface area contributed by atoms with Gasteiger partial charge in [-0.3, -0.25) is 14.0 Å². The Morgan fingerprint density at radius 1 is 0.938 bits per heavy atom. The molecule has 14 nitrogen and oxygen atoms in total. The third kappa shape index (κ3) is 14.8. The standard InChI is InChI=1S/C14H19ClN4O3.C13H17ClN4O3.CH3F.CH3I.Na.H/c1-14(2,3)22-13(21)18-9-6-5-8-10(19(4)12(9)20)11(15)17-7-16-8;1-13(2,3)21-12(20)17-8-5-4-7-9(18-11(8)19)10(14)16-6-15-7;2*1-2;;/h7,9H,5-6H2,1-4H3,(H,18,21);6,8H,4-5H2,1-3H3,(H,17,20)(H,18,19);2*1H3;;/q;;;;+1;-1/t9-;8-;;;;/m00..../s1/i;;1D;;;. The zero-order chi connectivity index (χ0) is 36.8. The summed E-state index contributed by atoms with van der Waals surface area (Å²) < 4.78 is 25.8. The molecule has 0 saturated carbocycles. The minimum atomic E-state index is -1.00. The molecule has 2 aliphatic rings. The van der Waals surface area contributed by atoms with Crippen LogP contribution in [0.1, 0.15) is 68.6 Å². The molecule has 0 bridgehead atoms. The number of hydrogen-bond donors (Lipinski definition) is 3. The average Bonchev–Trinajstić information content (AvgIpc) is 3.20. The van der Waals surface area contributed by atoms with Gasteiger partial charge in [-0.15, -0.1) is 0 Å². The van der Waals surface area contributed by atoms with E-state index in [2.05, 4.69) is 58.5 Å². The normalized spacial score (nSPS) is 17.0. The summed E-state index contributed by atoms with van der Waals surface area (Å²) in [6.45, 7) is 10.6. The van der Waals surface area contributed by atoms with Crippen molar-refractivity contribution < 1.29 is 65.4 Å². The Labute approximate surface area is 329 Å². The van der Waals surface area contributed by atoms with Crippen LogP contribution in [0, 0.1) is 0 Å². The van der Waals surface area contributed by atoms with E-state index >= 15 is 0 Å². The van der Waals surface area contributed by atoms with E-state index in [1.807, 2.05) is 4.93 Å². The van der Waals surface area contributed by atoms with Crippen molar-refractivity contribution >= 4 is 81.2 Å². The first-order chi connectivity index (χ1) is 22.4. The van der Waals surface area contributed by atoms with Gasteiger partial charge in [0.15, 0.2) is 10.3 Å². The Bertz CT molecular complexity index is 1430. The van der Waals surface area contributed by atoms with Gasteiger partial charge in [-0.05, 0) is 72.2 Å². The number of likely N-dealkylation sites (N-methyl/N-ethyl adjacent to an activating group) is 1. The number of amides is 4. The monoisotopic (exact) mass is 839 g/mol. The fraction of sp³-hybridized carbons (Fsp3) is 0.586. The van der Waals surface area contributed by atoms with Gasteiger partial charge < -0.3 is 31.8 Å². The first-order valence-corrected chi connectivity index (χ1v) is 17.1. The summed E-state index contributed by atoms with van der Waals surface area (Å²) in [6, 6.07) is -1.39. The topological polar surface area (TPSA) is 178 Å². The number of aryl methyl sites for hydroxylation is 2. The van der Waals surface area contributed by atoms with Crippen LogP contribution in [-0.4, -0.2) is 86.4 Å². The molecule has 2 aromatic heterocycles. The van der Waals surface area contributed by atoms with Gasteiger partial charge in [0.05, 0.1) is 19.9 Å². The number of alkyl halides is 2. The maximum atomic E-state index is 12.5. The number of carbonyl (C=O) groups excluding carboxylic acids is 4. The third-order valence-corrected chi connectivity index (χ3v) is 6.55. The molecule has 48 heavy (non-hydrogen) atoms. The second kappa shape index (κ2) is 21.2. The molecule has 0 saturated heterocycles. The van der Waals surface area contributed by atoms with Crippen LogP contribution in [0.2, 0.25) is 10.3 Å². The average molecular weight is 841 g/mol. The largest absolute Gasteiger partial charge is 1.00 e. The van der Waals surface area contributed by atoms with Crippen LogP contribution in [0.15, 0.2) is 12.7 Å². The molecule has 0 unspecified atom stereocenters. The fourth-order valence-electron chi connectivity index (χ4n) is 4.16. The maximum absolute atomic E-state index is 12.5. The predicted octanol–water partition coefficient (Wildman–Crippen LogP) is 2.59. The number of ether oxygens (including phenoxy) is 2. The number of hydrogen-bond acceptors (Lipinski definition) is 10. The zero-order valence-electron chi connectivity index (χ0n) is 30.5. The summed E-state index contributed by atoms with van der Waals surface area (Å²) in [7, 11) is 0.589. The van der Waals surface area contributed by atoms with E-state index < -0.39 is 42.6 Å². The molecule has 2 aromatic rings. The summed E-state index contributed by atoms with van der Waals surface area (Å²) >= 11 is 14.2. The van der Waals surface area contributed by atoms with Crippen LogP contribution >= 0.6 is 45.8 Å². The van der Waals surface area contributed by atoms with Crippen molar-refractivity contribution in [3.8, 4) is 0 Å². The molecule has 264 valence electrons. The number of nitrogens with zero attached hydrogens (tertiary/aromatic N) is 5. The van der Waals surface area contributed by atoms with Crippen molar-refractivity contribution in [3.05, 3.63) is 34.3 Å². The van der Waals surface area contributed by atoms with Crippen LogP contribution < -0.4 is 50.4 Å². The van der Waals surface area contributed by atoms with Gasteiger partial charge in [0.25, 0.3) is 0 Å². The van der Waals surface area contributed by atoms with Gasteiger partial charge >= 0.3 is 41.7 Å². The summed E-state index contributed by atoms with van der Waals surface area (Å²) in [5.74, 6) is -0.641. The van der Waals surface area contributed by atoms with Crippen molar-refractivity contribution in [2.75, 3.05) is 29.3 Å². The summed E-state index contributed by atoms with van der Waals surface area (Å²) in [5, 5.41) is 8.21. The number of alkyl carbamates (subject to hydrolysis) is 2. The summed E-state index contributed by atoms with van der Waals surface area (Å²) in [5.41, 5.74) is 0.978. The zero-order valence-corrected chi connectivity index (χ0v) is 34.2. The van der Waals surface area contributed by atoms with Crippen LogP contribution in [0.3, 0.4) is 0 Å². The molecule has 0 spiro atoms. The van der Waals surface area contributed by atoms with Crippen LogP contribution in [0.5, 0.6) is 0 Å². The summed E-state index contributed by atoms with van der Waals surface area (Å²) in [4.78, 5) is 67.6. The van der Waals surface area contributed by atoms with E-state index in [1.165, 1.54) is 17.6 Å². The Morgan fingerprint density at radius 2 is 1.38 bits per heavy atom. The molecular formula is C29H43Cl2FIN8NaO6. The molecule has 0 aromatic carbocycles. The van der Waals surface area contributed by atoms with Crippen molar-refractivity contribution in [3.63, 3.8) is 0 Å². The van der Waals surface area contributed by atoms with Crippen molar-refractivity contribution in [1.29, 1.82) is 0 Å². The molecule has 19 heteroatoms. The van der Waals surface area contributed by atoms with E-state index in [0.717, 1.165) is 0 Å². The second-order valence-corrected chi connectivity index (χ2v) is 12.5. The van der Waals surface area contributed by atoms with Crippen molar-refractivity contribution in [1.82, 2.24) is 30.6 Å². The van der Waals surface area contributed by atoms with Gasteiger partial charge in [0.2, 0.25) is 11.8 Å². The van der Waals surface area contributed by atoms with E-state index in [1.54, 1.807) is 48.6 Å². The molecule has 0 radical (unpaired) electrons. The number of halogens is 4. The molecule has 2 atom stereocenters. The van der Waals surface area contributed by atoms with Gasteiger partial charge in [0.1, 0.15) is 47.3 Å². The molecule has 3 N–H and O–H groups in total. The third-order valence-electron chi connectivity index (χ3n) is 5.98. The van der Waals surface area contributed by atoms with E-state index in [-0.39, 0.29) is 53.1 Å². The van der Waals surface area contributed by atoms with Crippen LogP contribution in [0.4, 0.5) is 25.4 Å². The molecule has 2 aliphatic heterocycles. The number of anilines is 2. The Kier molecular flexibility index (Phi) is 19.4. The Hall–Kier alpha value is -2.12. The number of rotatable bonds is 2. The predicted molar refractivity (Wildman–Crippen MR) is 187 cm³/mol. The van der Waals surface area contributed by atoms with Gasteiger partial charge in [-0.25, -0.2) is 29.5 Å². The number of aromatic nitrogens is 4. The fourth-order valence-corrected chi connectivity index (χ4v) is 4.64. The molecule has 0 fully saturated rings. The smallest absolute Gasteiger partial charge is 1.00 e. The summed E-state index contributed by atoms with van der Waals surface area (Å²) in [6.07, 6.45) is 3.28. The van der Waals surface area contributed by atoms with Gasteiger partial charge in [-0.2, -0.15) is 0 Å². The quantitative estimate of drug-likeness (QED) is 0.176. The van der Waals surface area contributed by atoms with Gasteiger partial charge in [0, 0.05) is 7.05 Å². The van der Waals surface area contributed by atoms with Crippen LogP contribution in [0.25, 0.3) is 0 Å². The molecule has 4 heterocycles. The van der Waals surface area contributed by atoms with Crippen molar-refractivity contribution in [2.24, 2.45) is 0 Å². The number of nitrogens with one attached hydrogen (secondary N) is 3. The van der Waals surface area contributed by atoms with E-state index in [4.69, 9.17) is 34.0 Å². The molecular weight excluding hydrogens is 796 g/mol. The molecule has 4 amide bonds. The number of carbonyl (C=O) groups is 4.